The van der Waals surface area contributed by atoms with Crippen molar-refractivity contribution in [3.63, 3.8) is 0 Å². The summed E-state index contributed by atoms with van der Waals surface area (Å²) in [6.07, 6.45) is 0.257. The average molecular weight is 483 g/mol. The summed E-state index contributed by atoms with van der Waals surface area (Å²) in [6, 6.07) is 3.91. The Morgan fingerprint density at radius 1 is 1.06 bits per heavy atom. The lowest BCUT2D eigenvalue weighted by Gasteiger charge is -2.42. The number of ether oxygens (including phenoxy) is 1. The Labute approximate surface area is 190 Å². The van der Waals surface area contributed by atoms with Crippen LogP contribution in [0.25, 0.3) is 0 Å². The van der Waals surface area contributed by atoms with Crippen LogP contribution in [0.5, 0.6) is 0 Å². The molecule has 1 aromatic rings. The van der Waals surface area contributed by atoms with Crippen molar-refractivity contribution < 1.29 is 32.1 Å². The number of anilines is 2. The second kappa shape index (κ2) is 9.51. The molecule has 0 bridgehead atoms. The van der Waals surface area contributed by atoms with E-state index >= 15 is 0 Å². The summed E-state index contributed by atoms with van der Waals surface area (Å²) in [6.45, 7) is 4.53. The van der Waals surface area contributed by atoms with Crippen LogP contribution in [-0.2, 0) is 19.8 Å². The van der Waals surface area contributed by atoms with Gasteiger partial charge in [-0.3, -0.25) is 14.2 Å². The maximum atomic E-state index is 12.6. The molecule has 0 aromatic heterocycles. The summed E-state index contributed by atoms with van der Waals surface area (Å²) < 4.78 is 37.4. The molecule has 3 fully saturated rings. The fourth-order valence-electron chi connectivity index (χ4n) is 4.20. The quantitative estimate of drug-likeness (QED) is 0.319. The van der Waals surface area contributed by atoms with E-state index in [1.807, 2.05) is 0 Å². The van der Waals surface area contributed by atoms with Gasteiger partial charge in [0.05, 0.1) is 19.3 Å². The van der Waals surface area contributed by atoms with Crippen LogP contribution in [0.3, 0.4) is 0 Å². The van der Waals surface area contributed by atoms with E-state index in [0.29, 0.717) is 35.4 Å². The number of rotatable bonds is 6. The molecule has 13 nitrogen and oxygen atoms in total. The molecule has 3 aliphatic heterocycles. The first-order chi connectivity index (χ1) is 15.7. The number of benzene rings is 1. The fraction of sp³-hybridized carbons (Fsp3) is 0.526. The zero-order valence-electron chi connectivity index (χ0n) is 17.8. The third kappa shape index (κ3) is 5.19. The van der Waals surface area contributed by atoms with E-state index in [2.05, 4.69) is 20.9 Å². The molecule has 0 spiro atoms. The number of hydrogen-bond donors (Lipinski definition) is 4. The molecule has 180 valence electrons. The molecular formula is C19H26N6O7S. The lowest BCUT2D eigenvalue weighted by atomic mass is 10.0. The van der Waals surface area contributed by atoms with Crippen LogP contribution in [0, 0.1) is 0 Å². The third-order valence-electron chi connectivity index (χ3n) is 5.86. The smallest absolute Gasteiger partial charge is 0.362 e. The van der Waals surface area contributed by atoms with Crippen LogP contribution in [0.2, 0.25) is 0 Å². The van der Waals surface area contributed by atoms with Crippen molar-refractivity contribution >= 4 is 39.6 Å². The molecule has 1 aromatic carbocycles. The minimum absolute atomic E-state index is 0.184. The highest BCUT2D eigenvalue weighted by Crippen LogP contribution is 2.35. The highest BCUT2D eigenvalue weighted by molar-refractivity contribution is 7.84. The summed E-state index contributed by atoms with van der Waals surface area (Å²) in [5, 5.41) is 8.16. The molecule has 0 unspecified atom stereocenters. The van der Waals surface area contributed by atoms with Crippen LogP contribution >= 0.6 is 0 Å². The monoisotopic (exact) mass is 482 g/mol. The van der Waals surface area contributed by atoms with Crippen molar-refractivity contribution in [2.45, 2.75) is 18.5 Å². The number of hydrogen-bond acceptors (Lipinski definition) is 7. The SMILES string of the molecule is O=C(NCCN1CCOCC1)Nc1ccc(NC(=O)N2CC[C@@H]3[C@H]2C(=O)N3S(=O)(=O)O)cc1. The molecule has 5 amide bonds. The number of carbonyl (C=O) groups is 3. The van der Waals surface area contributed by atoms with Crippen molar-refractivity contribution in [1.29, 1.82) is 0 Å². The predicted molar refractivity (Wildman–Crippen MR) is 117 cm³/mol. The number of nitrogens with zero attached hydrogens (tertiary/aromatic N) is 3. The summed E-state index contributed by atoms with van der Waals surface area (Å²) in [7, 11) is -4.63. The largest absolute Gasteiger partial charge is 0.379 e. The second-order valence-corrected chi connectivity index (χ2v) is 9.24. The van der Waals surface area contributed by atoms with E-state index in [0.717, 1.165) is 19.6 Å². The molecule has 3 heterocycles. The first-order valence-corrected chi connectivity index (χ1v) is 12.0. The third-order valence-corrected chi connectivity index (χ3v) is 6.81. The van der Waals surface area contributed by atoms with Gasteiger partial charge in [0, 0.05) is 44.1 Å². The average Bonchev–Trinajstić information content (AvgIpc) is 3.13. The van der Waals surface area contributed by atoms with Crippen molar-refractivity contribution in [1.82, 2.24) is 19.4 Å². The van der Waals surface area contributed by atoms with Gasteiger partial charge in [-0.25, -0.2) is 13.9 Å². The van der Waals surface area contributed by atoms with Crippen molar-refractivity contribution in [2.24, 2.45) is 0 Å². The topological polar surface area (TPSA) is 161 Å². The van der Waals surface area contributed by atoms with Crippen molar-refractivity contribution in [3.05, 3.63) is 24.3 Å². The Morgan fingerprint density at radius 3 is 2.33 bits per heavy atom. The van der Waals surface area contributed by atoms with Gasteiger partial charge in [0.25, 0.3) is 5.91 Å². The Kier molecular flexibility index (Phi) is 6.69. The van der Waals surface area contributed by atoms with E-state index in [4.69, 9.17) is 9.29 Å². The summed E-state index contributed by atoms with van der Waals surface area (Å²) >= 11 is 0. The normalized spacial score (nSPS) is 23.0. The molecule has 4 rings (SSSR count). The summed E-state index contributed by atoms with van der Waals surface area (Å²) in [5.41, 5.74) is 0.983. The molecule has 2 atom stereocenters. The zero-order chi connectivity index (χ0) is 23.6. The first kappa shape index (κ1) is 23.2. The number of carbonyl (C=O) groups excluding carboxylic acids is 3. The van der Waals surface area contributed by atoms with Gasteiger partial charge in [-0.15, -0.1) is 0 Å². The maximum Gasteiger partial charge on any atom is 0.362 e. The predicted octanol–water partition coefficient (Wildman–Crippen LogP) is -0.240. The molecule has 0 radical (unpaired) electrons. The van der Waals surface area contributed by atoms with E-state index in [1.54, 1.807) is 24.3 Å². The highest BCUT2D eigenvalue weighted by Gasteiger charge is 2.60. The number of likely N-dealkylation sites (tertiary alicyclic amines) is 1. The molecule has 4 N–H and O–H groups in total. The molecule has 33 heavy (non-hydrogen) atoms. The van der Waals surface area contributed by atoms with Gasteiger partial charge in [0.2, 0.25) is 0 Å². The van der Waals surface area contributed by atoms with E-state index < -0.39 is 34.3 Å². The van der Waals surface area contributed by atoms with E-state index in [1.165, 1.54) is 4.90 Å². The number of amides is 5. The van der Waals surface area contributed by atoms with Gasteiger partial charge < -0.3 is 25.6 Å². The number of β-lactam (4-membered cyclic amide) rings is 1. The summed E-state index contributed by atoms with van der Waals surface area (Å²) in [5.74, 6) is -0.825. The highest BCUT2D eigenvalue weighted by atomic mass is 32.2. The van der Waals surface area contributed by atoms with Gasteiger partial charge in [-0.2, -0.15) is 8.42 Å². The number of nitrogens with one attached hydrogen (secondary N) is 3. The lowest BCUT2D eigenvalue weighted by molar-refractivity contribution is -0.143. The van der Waals surface area contributed by atoms with E-state index in [9.17, 15) is 22.8 Å². The molecule has 3 saturated heterocycles. The second-order valence-electron chi connectivity index (χ2n) is 7.95. The molecule has 14 heteroatoms. The van der Waals surface area contributed by atoms with Gasteiger partial charge in [-0.05, 0) is 30.7 Å². The van der Waals surface area contributed by atoms with Gasteiger partial charge in [-0.1, -0.05) is 0 Å². The van der Waals surface area contributed by atoms with Crippen molar-refractivity contribution in [3.8, 4) is 0 Å². The van der Waals surface area contributed by atoms with Gasteiger partial charge in [0.15, 0.2) is 0 Å². The zero-order valence-corrected chi connectivity index (χ0v) is 18.6. The van der Waals surface area contributed by atoms with E-state index in [-0.39, 0.29) is 19.0 Å². The Hall–Kier alpha value is -2.94. The molecular weight excluding hydrogens is 456 g/mol. The van der Waals surface area contributed by atoms with Crippen LogP contribution < -0.4 is 16.0 Å². The maximum absolute atomic E-state index is 12.6. The molecule has 3 aliphatic rings. The summed E-state index contributed by atoms with van der Waals surface area (Å²) in [4.78, 5) is 40.2. The van der Waals surface area contributed by atoms with Crippen LogP contribution in [-0.4, -0.2) is 103 Å². The van der Waals surface area contributed by atoms with Gasteiger partial charge >= 0.3 is 22.4 Å². The Morgan fingerprint density at radius 2 is 1.70 bits per heavy atom. The first-order valence-electron chi connectivity index (χ1n) is 10.6. The lowest BCUT2D eigenvalue weighted by Crippen LogP contribution is -2.68. The number of morpholine rings is 1. The van der Waals surface area contributed by atoms with Gasteiger partial charge in [0.1, 0.15) is 6.04 Å². The van der Waals surface area contributed by atoms with Crippen molar-refractivity contribution in [2.75, 3.05) is 56.6 Å². The molecule has 0 aliphatic carbocycles. The number of fused-ring (bicyclic) bond motifs is 1. The van der Waals surface area contributed by atoms with Crippen LogP contribution in [0.4, 0.5) is 21.0 Å². The Balaban J connectivity index is 1.23. The molecule has 0 saturated carbocycles. The number of urea groups is 2. The Bertz CT molecular complexity index is 1010. The standard InChI is InChI=1S/C19H26N6O7S/c26-17-16-15(25(17)33(29,30)31)5-7-24(16)19(28)22-14-3-1-13(2-4-14)21-18(27)20-6-8-23-9-11-32-12-10-23/h1-4,15-16H,5-12H2,(H,22,28)(H2,20,21,27)(H,29,30,31)/t15-,16+/m1/s1. The fourth-order valence-corrected chi connectivity index (χ4v) is 5.10. The van der Waals surface area contributed by atoms with Crippen LogP contribution in [0.1, 0.15) is 6.42 Å². The minimum atomic E-state index is -4.63. The van der Waals surface area contributed by atoms with Crippen LogP contribution in [0.15, 0.2) is 24.3 Å². The minimum Gasteiger partial charge on any atom is -0.379 e.